The molecule has 48 heavy (non-hydrogen) atoms. The van der Waals surface area contributed by atoms with Crippen LogP contribution in [0.25, 0.3) is 0 Å². The van der Waals surface area contributed by atoms with Crippen LogP contribution in [-0.2, 0) is 9.47 Å². The maximum Gasteiger partial charge on any atom is 0.168 e. The summed E-state index contributed by atoms with van der Waals surface area (Å²) in [4.78, 5) is 0. The molecule has 2 rings (SSSR count). The maximum absolute atomic E-state index is 6.84. The van der Waals surface area contributed by atoms with Gasteiger partial charge in [-0.3, -0.25) is 0 Å². The summed E-state index contributed by atoms with van der Waals surface area (Å²) >= 11 is 0. The normalized spacial score (nSPS) is 22.7. The van der Waals surface area contributed by atoms with Crippen LogP contribution in [0.2, 0.25) is 0 Å². The average molecular weight is 664 g/mol. The smallest absolute Gasteiger partial charge is 0.168 e. The van der Waals surface area contributed by atoms with Crippen LogP contribution >= 0.6 is 0 Å². The van der Waals surface area contributed by atoms with E-state index in [0.717, 1.165) is 44.6 Å². The molecular weight excluding hydrogens is 587 g/mol. The first kappa shape index (κ1) is 42.6. The Kier molecular flexibility index (Phi) is 26.8. The third-order valence-corrected chi connectivity index (χ3v) is 10.3. The summed E-state index contributed by atoms with van der Waals surface area (Å²) < 4.78 is 13.4. The summed E-state index contributed by atoms with van der Waals surface area (Å²) in [7, 11) is 2.11. The van der Waals surface area contributed by atoms with E-state index in [9.17, 15) is 0 Å². The molecule has 3 nitrogen and oxygen atoms in total. The largest absolute Gasteiger partial charge is 0.347 e. The van der Waals surface area contributed by atoms with Gasteiger partial charge < -0.3 is 14.8 Å². The van der Waals surface area contributed by atoms with Gasteiger partial charge in [0.25, 0.3) is 0 Å². The van der Waals surface area contributed by atoms with Crippen LogP contribution in [0, 0.1) is 5.92 Å². The Hall–Kier alpha value is -1.60. The monoisotopic (exact) mass is 664 g/mol. The van der Waals surface area contributed by atoms with Gasteiger partial charge in [-0.25, -0.2) is 0 Å². The zero-order valence-corrected chi connectivity index (χ0v) is 32.0. The van der Waals surface area contributed by atoms with Crippen molar-refractivity contribution in [3.05, 3.63) is 60.1 Å². The zero-order chi connectivity index (χ0) is 34.2. The first-order chi connectivity index (χ1) is 23.7. The van der Waals surface area contributed by atoms with E-state index in [4.69, 9.17) is 9.47 Å². The minimum Gasteiger partial charge on any atom is -0.347 e. The van der Waals surface area contributed by atoms with Gasteiger partial charge in [-0.15, -0.1) is 0 Å². The molecule has 0 radical (unpaired) electrons. The predicted octanol–water partition coefficient (Wildman–Crippen LogP) is 13.4. The molecule has 0 aromatic carbocycles. The van der Waals surface area contributed by atoms with Gasteiger partial charge in [0, 0.05) is 18.9 Å². The molecular formula is C45H77NO2. The highest BCUT2D eigenvalue weighted by atomic mass is 16.7. The molecule has 0 bridgehead atoms. The number of hydrogen-bond acceptors (Lipinski definition) is 3. The fourth-order valence-corrected chi connectivity index (χ4v) is 7.27. The Morgan fingerprint density at radius 1 is 0.625 bits per heavy atom. The molecule has 2 aliphatic rings. The summed E-state index contributed by atoms with van der Waals surface area (Å²) in [5.41, 5.74) is 6.43. The lowest BCUT2D eigenvalue weighted by molar-refractivity contribution is -0.180. The molecule has 0 aromatic heterocycles. The van der Waals surface area contributed by atoms with Crippen molar-refractivity contribution in [1.29, 1.82) is 0 Å². The van der Waals surface area contributed by atoms with E-state index in [-0.39, 0.29) is 11.9 Å². The number of hydrogen-bond donors (Lipinski definition) is 1. The lowest BCUT2D eigenvalue weighted by atomic mass is 9.98. The second-order valence-corrected chi connectivity index (χ2v) is 14.7. The Morgan fingerprint density at radius 2 is 1.21 bits per heavy atom. The minimum atomic E-state index is -0.334. The van der Waals surface area contributed by atoms with Crippen molar-refractivity contribution >= 4 is 0 Å². The van der Waals surface area contributed by atoms with Crippen LogP contribution < -0.4 is 5.32 Å². The molecule has 274 valence electrons. The fraction of sp³-hybridized carbons (Fsp3) is 0.778. The molecule has 1 aliphatic heterocycles. The van der Waals surface area contributed by atoms with E-state index >= 15 is 0 Å². The molecule has 3 heteroatoms. The van der Waals surface area contributed by atoms with E-state index in [0.29, 0.717) is 6.04 Å². The number of ether oxygens (including phenoxy) is 2. The van der Waals surface area contributed by atoms with Crippen LogP contribution in [0.5, 0.6) is 0 Å². The predicted molar refractivity (Wildman–Crippen MR) is 209 cm³/mol. The van der Waals surface area contributed by atoms with Crippen molar-refractivity contribution in [3.8, 4) is 0 Å². The van der Waals surface area contributed by atoms with Gasteiger partial charge in [0.1, 0.15) is 0 Å². The molecule has 1 N–H and O–H groups in total. The van der Waals surface area contributed by atoms with Crippen molar-refractivity contribution in [2.24, 2.45) is 5.92 Å². The molecule has 4 atom stereocenters. The van der Waals surface area contributed by atoms with Crippen LogP contribution in [-0.4, -0.2) is 31.6 Å². The van der Waals surface area contributed by atoms with E-state index in [1.54, 1.807) is 0 Å². The van der Waals surface area contributed by atoms with Gasteiger partial charge in [-0.05, 0) is 121 Å². The first-order valence-electron chi connectivity index (χ1n) is 20.8. The number of rotatable bonds is 30. The van der Waals surface area contributed by atoms with Gasteiger partial charge in [-0.1, -0.05) is 126 Å². The number of unbranched alkanes of at least 4 members (excludes halogenated alkanes) is 15. The Bertz CT molecular complexity index is 937. The van der Waals surface area contributed by atoms with Crippen LogP contribution in [0.4, 0.5) is 0 Å². The summed E-state index contributed by atoms with van der Waals surface area (Å²) in [6.45, 7) is 5.30. The molecule has 1 heterocycles. The van der Waals surface area contributed by atoms with E-state index in [1.165, 1.54) is 141 Å². The van der Waals surface area contributed by atoms with Crippen LogP contribution in [0.3, 0.4) is 0 Å². The molecule has 0 aromatic rings. The van der Waals surface area contributed by atoms with Crippen molar-refractivity contribution in [2.45, 2.75) is 205 Å². The molecule has 0 amide bonds. The lowest BCUT2D eigenvalue weighted by Gasteiger charge is -2.29. The summed E-state index contributed by atoms with van der Waals surface area (Å²) in [5, 5.41) is 3.49. The second kappa shape index (κ2) is 30.2. The topological polar surface area (TPSA) is 30.5 Å². The quantitative estimate of drug-likeness (QED) is 0.0471. The highest BCUT2D eigenvalue weighted by Crippen LogP contribution is 2.39. The Balaban J connectivity index is 1.63. The fourth-order valence-electron chi connectivity index (χ4n) is 7.27. The molecule has 1 saturated carbocycles. The summed E-state index contributed by atoms with van der Waals surface area (Å²) in [6, 6.07) is 0.694. The van der Waals surface area contributed by atoms with E-state index in [2.05, 4.69) is 86.3 Å². The SMILES string of the molecule is CCCC/C=C\C/C=C\CCCCCCCCC1(CCCCCCC=C=C=CC/C=C\CCCCC)OCC(CC2CCC(NC)C2)O1. The molecule has 1 aliphatic carbocycles. The maximum atomic E-state index is 6.84. The van der Waals surface area contributed by atoms with Gasteiger partial charge >= 0.3 is 0 Å². The third kappa shape index (κ3) is 22.2. The van der Waals surface area contributed by atoms with Crippen molar-refractivity contribution in [3.63, 3.8) is 0 Å². The number of allylic oxidation sites excluding steroid dienone is 8. The van der Waals surface area contributed by atoms with Crippen molar-refractivity contribution in [1.82, 2.24) is 5.32 Å². The average Bonchev–Trinajstić information content (AvgIpc) is 3.73. The van der Waals surface area contributed by atoms with E-state index < -0.39 is 0 Å². The third-order valence-electron chi connectivity index (χ3n) is 10.3. The Labute approximate surface area is 298 Å². The van der Waals surface area contributed by atoms with Crippen molar-refractivity contribution < 1.29 is 9.47 Å². The highest BCUT2D eigenvalue weighted by molar-refractivity contribution is 4.94. The van der Waals surface area contributed by atoms with Crippen LogP contribution in [0.1, 0.15) is 187 Å². The standard InChI is InChI=1S/C45H77NO2/c1-4-6-8-10-12-14-16-18-20-22-24-26-28-30-32-34-38-45(47-41-44(48-45)40-42-35-36-43(39-42)46-3)37-33-31-29-27-25-23-21-19-17-15-13-11-9-7-5-2/h11-14,17-19,24,42-44,46H,4-10,15-16,21,23,25-41H2,1-3H3/b13-11-,14-12-,19-17-,24-18?. The summed E-state index contributed by atoms with van der Waals surface area (Å²) in [6.07, 6.45) is 51.9. The Morgan fingerprint density at radius 3 is 1.88 bits per heavy atom. The first-order valence-corrected chi connectivity index (χ1v) is 20.8. The zero-order valence-electron chi connectivity index (χ0n) is 32.0. The van der Waals surface area contributed by atoms with Gasteiger partial charge in [0.05, 0.1) is 12.7 Å². The van der Waals surface area contributed by atoms with Gasteiger partial charge in [0.2, 0.25) is 0 Å². The van der Waals surface area contributed by atoms with Crippen LogP contribution in [0.15, 0.2) is 60.1 Å². The van der Waals surface area contributed by atoms with Crippen molar-refractivity contribution in [2.75, 3.05) is 13.7 Å². The number of nitrogens with one attached hydrogen (secondary N) is 1. The van der Waals surface area contributed by atoms with Gasteiger partial charge in [0.15, 0.2) is 5.79 Å². The second-order valence-electron chi connectivity index (χ2n) is 14.7. The van der Waals surface area contributed by atoms with Gasteiger partial charge in [-0.2, -0.15) is 0 Å². The highest BCUT2D eigenvalue weighted by Gasteiger charge is 2.41. The molecule has 1 saturated heterocycles. The van der Waals surface area contributed by atoms with E-state index in [1.807, 2.05) is 0 Å². The molecule has 0 spiro atoms. The molecule has 4 unspecified atom stereocenters. The molecule has 2 fully saturated rings. The summed E-state index contributed by atoms with van der Waals surface area (Å²) in [5.74, 6) is 0.451. The lowest BCUT2D eigenvalue weighted by Crippen LogP contribution is -2.31. The minimum absolute atomic E-state index is 0.284.